The lowest BCUT2D eigenvalue weighted by atomic mass is 9.94. The van der Waals surface area contributed by atoms with Gasteiger partial charge < -0.3 is 11.1 Å². The van der Waals surface area contributed by atoms with Crippen molar-refractivity contribution in [2.75, 3.05) is 24.1 Å². The number of anilines is 2. The van der Waals surface area contributed by atoms with Crippen LogP contribution in [0.15, 0.2) is 60.7 Å². The fraction of sp³-hybridized carbons (Fsp3) is 0.130. The van der Waals surface area contributed by atoms with E-state index in [1.165, 1.54) is 16.2 Å². The average Bonchev–Trinajstić information content (AvgIpc) is 3.23. The molecule has 0 atom stereocenters. The van der Waals surface area contributed by atoms with Crippen LogP contribution in [0.3, 0.4) is 0 Å². The minimum Gasteiger partial charge on any atom is -0.385 e. The summed E-state index contributed by atoms with van der Waals surface area (Å²) in [5.41, 5.74) is 8.73. The second kappa shape index (κ2) is 7.81. The molecule has 7 nitrogen and oxygen atoms in total. The molecule has 2 heterocycles. The van der Waals surface area contributed by atoms with Gasteiger partial charge in [0.2, 0.25) is 5.13 Å². The normalized spacial score (nSPS) is 13.1. The summed E-state index contributed by atoms with van der Waals surface area (Å²) < 4.78 is 0. The highest BCUT2D eigenvalue weighted by molar-refractivity contribution is 7.18. The molecule has 0 saturated heterocycles. The highest BCUT2D eigenvalue weighted by atomic mass is 32.1. The first-order valence-electron chi connectivity index (χ1n) is 9.93. The molecule has 0 unspecified atom stereocenters. The summed E-state index contributed by atoms with van der Waals surface area (Å²) in [5.74, 6) is -0.454. The number of aromatic nitrogens is 2. The van der Waals surface area contributed by atoms with Crippen LogP contribution in [-0.4, -0.2) is 40.0 Å². The number of carbonyl (C=O) groups is 2. The van der Waals surface area contributed by atoms with Crippen LogP contribution in [0.2, 0.25) is 0 Å². The summed E-state index contributed by atoms with van der Waals surface area (Å²) in [4.78, 5) is 27.2. The number of hydrogen-bond donors (Lipinski definition) is 2. The summed E-state index contributed by atoms with van der Waals surface area (Å²) in [5, 5.41) is 14.1. The number of nitrogens with two attached hydrogens (primary N) is 1. The Bertz CT molecular complexity index is 1250. The maximum Gasteiger partial charge on any atom is 0.261 e. The minimum atomic E-state index is -0.227. The molecule has 0 bridgehead atoms. The third-order valence-electron chi connectivity index (χ3n) is 5.32. The monoisotopic (exact) mass is 429 g/mol. The van der Waals surface area contributed by atoms with E-state index >= 15 is 0 Å². The fourth-order valence-corrected chi connectivity index (χ4v) is 4.45. The molecule has 0 fully saturated rings. The first kappa shape index (κ1) is 19.2. The number of nitrogen functional groups attached to an aromatic ring is 1. The Kier molecular flexibility index (Phi) is 4.83. The van der Waals surface area contributed by atoms with E-state index < -0.39 is 0 Å². The molecule has 8 heteroatoms. The van der Waals surface area contributed by atoms with Gasteiger partial charge in [-0.2, -0.15) is 0 Å². The van der Waals surface area contributed by atoms with Crippen LogP contribution < -0.4 is 11.1 Å². The second-order valence-corrected chi connectivity index (χ2v) is 8.28. The van der Waals surface area contributed by atoms with Crippen molar-refractivity contribution in [1.82, 2.24) is 15.1 Å². The van der Waals surface area contributed by atoms with Crippen molar-refractivity contribution in [3.63, 3.8) is 0 Å². The fourth-order valence-electron chi connectivity index (χ4n) is 3.84. The molecule has 1 aromatic heterocycles. The average molecular weight is 430 g/mol. The molecule has 0 aliphatic carbocycles. The molecule has 3 N–H and O–H groups in total. The lowest BCUT2D eigenvalue weighted by Crippen LogP contribution is -2.41. The molecule has 154 valence electrons. The van der Waals surface area contributed by atoms with E-state index in [-0.39, 0.29) is 11.8 Å². The zero-order valence-electron chi connectivity index (χ0n) is 16.5. The summed E-state index contributed by atoms with van der Waals surface area (Å²) in [6, 6.07) is 19.0. The van der Waals surface area contributed by atoms with Gasteiger partial charge in [-0.1, -0.05) is 35.6 Å². The molecule has 5 rings (SSSR count). The van der Waals surface area contributed by atoms with Crippen LogP contribution in [0.4, 0.5) is 10.8 Å². The lowest BCUT2D eigenvalue weighted by molar-refractivity contribution is 0.0610. The van der Waals surface area contributed by atoms with Crippen molar-refractivity contribution in [2.24, 2.45) is 0 Å². The van der Waals surface area contributed by atoms with Gasteiger partial charge in [-0.15, -0.1) is 10.2 Å². The van der Waals surface area contributed by atoms with Gasteiger partial charge in [0.15, 0.2) is 0 Å². The summed E-state index contributed by atoms with van der Waals surface area (Å²) >= 11 is 1.34. The van der Waals surface area contributed by atoms with E-state index in [2.05, 4.69) is 15.5 Å². The topological polar surface area (TPSA) is 101 Å². The molecule has 31 heavy (non-hydrogen) atoms. The number of benzene rings is 3. The van der Waals surface area contributed by atoms with Gasteiger partial charge in [-0.05, 0) is 48.2 Å². The highest BCUT2D eigenvalue weighted by Gasteiger charge is 2.31. The Morgan fingerprint density at radius 2 is 1.58 bits per heavy atom. The number of nitrogens with zero attached hydrogens (tertiary/aromatic N) is 3. The first-order valence-corrected chi connectivity index (χ1v) is 10.7. The Balaban J connectivity index is 1.22. The smallest absolute Gasteiger partial charge is 0.261 e. The predicted molar refractivity (Wildman–Crippen MR) is 122 cm³/mol. The van der Waals surface area contributed by atoms with Crippen molar-refractivity contribution < 1.29 is 9.59 Å². The van der Waals surface area contributed by atoms with Crippen molar-refractivity contribution in [3.8, 4) is 10.6 Å². The quantitative estimate of drug-likeness (QED) is 0.354. The van der Waals surface area contributed by atoms with Crippen molar-refractivity contribution in [2.45, 2.75) is 6.42 Å². The number of nitrogens with one attached hydrogen (secondary N) is 1. The van der Waals surface area contributed by atoms with Crippen LogP contribution >= 0.6 is 11.3 Å². The zero-order chi connectivity index (χ0) is 21.4. The Hall–Kier alpha value is -3.78. The summed E-state index contributed by atoms with van der Waals surface area (Å²) in [6.07, 6.45) is 0.643. The predicted octanol–water partition coefficient (Wildman–Crippen LogP) is 4.04. The SMILES string of the molecule is Nc1nnc(-c2ccc(NCCCN3C(=O)c4cccc5cccc(c45)C3=O)cc2)s1. The Morgan fingerprint density at radius 1 is 0.903 bits per heavy atom. The van der Waals surface area contributed by atoms with E-state index in [0.29, 0.717) is 35.8 Å². The molecular formula is C23H19N5O2S. The maximum atomic E-state index is 12.9. The molecule has 3 aromatic carbocycles. The number of rotatable bonds is 6. The summed E-state index contributed by atoms with van der Waals surface area (Å²) in [6.45, 7) is 0.992. The molecule has 0 saturated carbocycles. The van der Waals surface area contributed by atoms with Crippen LogP contribution in [-0.2, 0) is 0 Å². The number of imide groups is 1. The van der Waals surface area contributed by atoms with E-state index in [4.69, 9.17) is 5.73 Å². The molecule has 0 radical (unpaired) electrons. The van der Waals surface area contributed by atoms with Crippen LogP contribution in [0.25, 0.3) is 21.3 Å². The number of carbonyl (C=O) groups excluding carboxylic acids is 2. The van der Waals surface area contributed by atoms with Crippen molar-refractivity contribution in [1.29, 1.82) is 0 Å². The number of hydrogen-bond acceptors (Lipinski definition) is 7. The third-order valence-corrected chi connectivity index (χ3v) is 6.12. The molecule has 0 spiro atoms. The van der Waals surface area contributed by atoms with Gasteiger partial charge in [0.25, 0.3) is 11.8 Å². The van der Waals surface area contributed by atoms with Crippen LogP contribution in [0.1, 0.15) is 27.1 Å². The van der Waals surface area contributed by atoms with E-state index in [9.17, 15) is 9.59 Å². The van der Waals surface area contributed by atoms with Crippen molar-refractivity contribution >= 4 is 44.7 Å². The molecule has 2 amide bonds. The first-order chi connectivity index (χ1) is 15.1. The maximum absolute atomic E-state index is 12.9. The molecule has 4 aromatic rings. The van der Waals surface area contributed by atoms with Gasteiger partial charge in [0.1, 0.15) is 5.01 Å². The minimum absolute atomic E-state index is 0.227. The standard InChI is InChI=1S/C23H19N5O2S/c24-23-27-26-20(31-23)15-8-10-16(11-9-15)25-12-3-13-28-21(29)17-6-1-4-14-5-2-7-18(19(14)17)22(28)30/h1-2,4-11,25H,3,12-13H2,(H2,24,27). The number of amides is 2. The van der Waals surface area contributed by atoms with Gasteiger partial charge in [-0.25, -0.2) is 0 Å². The van der Waals surface area contributed by atoms with Gasteiger partial charge in [0, 0.05) is 40.9 Å². The van der Waals surface area contributed by atoms with E-state index in [1.807, 2.05) is 48.5 Å². The van der Waals surface area contributed by atoms with Gasteiger partial charge in [0.05, 0.1) is 0 Å². The van der Waals surface area contributed by atoms with E-state index in [1.54, 1.807) is 12.1 Å². The van der Waals surface area contributed by atoms with Crippen LogP contribution in [0, 0.1) is 0 Å². The second-order valence-electron chi connectivity index (χ2n) is 7.27. The zero-order valence-corrected chi connectivity index (χ0v) is 17.4. The highest BCUT2D eigenvalue weighted by Crippen LogP contribution is 2.30. The molecular weight excluding hydrogens is 410 g/mol. The Morgan fingerprint density at radius 3 is 2.19 bits per heavy atom. The van der Waals surface area contributed by atoms with Crippen molar-refractivity contribution in [3.05, 3.63) is 71.8 Å². The van der Waals surface area contributed by atoms with Gasteiger partial charge in [-0.3, -0.25) is 14.5 Å². The largest absolute Gasteiger partial charge is 0.385 e. The lowest BCUT2D eigenvalue weighted by Gasteiger charge is -2.27. The van der Waals surface area contributed by atoms with E-state index in [0.717, 1.165) is 27.0 Å². The third kappa shape index (κ3) is 3.51. The van der Waals surface area contributed by atoms with Gasteiger partial charge >= 0.3 is 0 Å². The molecule has 1 aliphatic rings. The Labute approximate surface area is 182 Å². The van der Waals surface area contributed by atoms with Crippen LogP contribution in [0.5, 0.6) is 0 Å². The summed E-state index contributed by atoms with van der Waals surface area (Å²) in [7, 11) is 0. The molecule has 1 aliphatic heterocycles.